The molecule has 7 nitrogen and oxygen atoms in total. The van der Waals surface area contributed by atoms with Gasteiger partial charge >= 0.3 is 11.9 Å². The number of thiophene rings is 1. The summed E-state index contributed by atoms with van der Waals surface area (Å²) in [6.45, 7) is 3.68. The van der Waals surface area contributed by atoms with Crippen LogP contribution in [0.5, 0.6) is 5.75 Å². The monoisotopic (exact) mass is 481 g/mol. The van der Waals surface area contributed by atoms with E-state index in [1.807, 2.05) is 24.3 Å². The highest BCUT2D eigenvalue weighted by molar-refractivity contribution is 7.17. The second-order valence-electron chi connectivity index (χ2n) is 8.30. The Kier molecular flexibility index (Phi) is 7.17. The lowest BCUT2D eigenvalue weighted by atomic mass is 9.88. The Bertz CT molecular complexity index is 1250. The lowest BCUT2D eigenvalue weighted by molar-refractivity contribution is -0.119. The lowest BCUT2D eigenvalue weighted by Crippen LogP contribution is -2.22. The van der Waals surface area contributed by atoms with Crippen LogP contribution in [-0.4, -0.2) is 38.2 Å². The Labute approximate surface area is 202 Å². The van der Waals surface area contributed by atoms with Gasteiger partial charge in [0, 0.05) is 4.88 Å². The summed E-state index contributed by atoms with van der Waals surface area (Å²) in [6.07, 6.45) is 2.61. The molecule has 0 fully saturated rings. The van der Waals surface area contributed by atoms with E-state index >= 15 is 0 Å². The number of hydrogen-bond donors (Lipinski definition) is 1. The maximum atomic E-state index is 12.7. The molecule has 178 valence electrons. The fraction of sp³-hybridized carbons (Fsp3) is 0.346. The van der Waals surface area contributed by atoms with Gasteiger partial charge in [-0.1, -0.05) is 31.2 Å². The number of amides is 1. The number of carbonyl (C=O) groups is 3. The largest absolute Gasteiger partial charge is 0.496 e. The quantitative estimate of drug-likeness (QED) is 0.477. The van der Waals surface area contributed by atoms with E-state index in [-0.39, 0.29) is 12.2 Å². The van der Waals surface area contributed by atoms with Crippen molar-refractivity contribution in [1.29, 1.82) is 0 Å². The molecule has 34 heavy (non-hydrogen) atoms. The molecule has 1 atom stereocenters. The van der Waals surface area contributed by atoms with E-state index in [9.17, 15) is 14.4 Å². The van der Waals surface area contributed by atoms with E-state index < -0.39 is 24.5 Å². The number of nitrogens with one attached hydrogen (secondary N) is 1. The van der Waals surface area contributed by atoms with Crippen LogP contribution >= 0.6 is 11.3 Å². The number of benzene rings is 2. The summed E-state index contributed by atoms with van der Waals surface area (Å²) < 4.78 is 15.9. The maximum Gasteiger partial charge on any atom is 0.342 e. The van der Waals surface area contributed by atoms with E-state index in [0.717, 1.165) is 40.5 Å². The molecule has 8 heteroatoms. The van der Waals surface area contributed by atoms with Gasteiger partial charge in [0.1, 0.15) is 16.3 Å². The zero-order chi connectivity index (χ0) is 24.2. The first-order valence-electron chi connectivity index (χ1n) is 11.3. The molecular weight excluding hydrogens is 454 g/mol. The number of methoxy groups -OCH3 is 1. The highest BCUT2D eigenvalue weighted by Gasteiger charge is 2.29. The van der Waals surface area contributed by atoms with Gasteiger partial charge in [0.25, 0.3) is 5.91 Å². The third kappa shape index (κ3) is 4.92. The summed E-state index contributed by atoms with van der Waals surface area (Å²) in [6, 6.07) is 11.0. The SMILES string of the molecule is CCOC(=O)c1c(NC(=O)COC(=O)c2cc3ccccc3cc2OC)sc2c1CC[C@H](C)C2. The molecule has 0 saturated heterocycles. The van der Waals surface area contributed by atoms with Crippen LogP contribution in [-0.2, 0) is 27.1 Å². The van der Waals surface area contributed by atoms with Gasteiger partial charge in [-0.15, -0.1) is 11.3 Å². The Hall–Kier alpha value is -3.39. The molecule has 0 spiro atoms. The van der Waals surface area contributed by atoms with Crippen LogP contribution < -0.4 is 10.1 Å². The molecule has 3 aromatic rings. The van der Waals surface area contributed by atoms with E-state index in [2.05, 4.69) is 12.2 Å². The van der Waals surface area contributed by atoms with Gasteiger partial charge in [0.05, 0.1) is 19.3 Å². The molecule has 0 saturated carbocycles. The molecule has 1 amide bonds. The molecule has 1 aliphatic rings. The molecule has 0 unspecified atom stereocenters. The van der Waals surface area contributed by atoms with Crippen LogP contribution in [0.3, 0.4) is 0 Å². The van der Waals surface area contributed by atoms with Crippen LogP contribution in [0.4, 0.5) is 5.00 Å². The summed E-state index contributed by atoms with van der Waals surface area (Å²) in [7, 11) is 1.48. The molecule has 2 aromatic carbocycles. The Morgan fingerprint density at radius 1 is 1.09 bits per heavy atom. The molecule has 1 N–H and O–H groups in total. The predicted octanol–water partition coefficient (Wildman–Crippen LogP) is 5.01. The van der Waals surface area contributed by atoms with E-state index in [0.29, 0.717) is 22.2 Å². The number of fused-ring (bicyclic) bond motifs is 2. The van der Waals surface area contributed by atoms with Gasteiger partial charge < -0.3 is 19.5 Å². The van der Waals surface area contributed by atoms with Gasteiger partial charge in [-0.25, -0.2) is 9.59 Å². The number of hydrogen-bond acceptors (Lipinski definition) is 7. The van der Waals surface area contributed by atoms with Crippen LogP contribution in [0.25, 0.3) is 10.8 Å². The molecule has 0 aliphatic heterocycles. The van der Waals surface area contributed by atoms with Crippen molar-refractivity contribution in [2.75, 3.05) is 25.6 Å². The van der Waals surface area contributed by atoms with Crippen molar-refractivity contribution in [2.24, 2.45) is 5.92 Å². The normalized spacial score (nSPS) is 14.9. The first-order chi connectivity index (χ1) is 16.4. The van der Waals surface area contributed by atoms with E-state index in [1.54, 1.807) is 19.1 Å². The summed E-state index contributed by atoms with van der Waals surface area (Å²) in [5.74, 6) is -0.743. The lowest BCUT2D eigenvalue weighted by Gasteiger charge is -2.18. The van der Waals surface area contributed by atoms with Crippen LogP contribution in [0.15, 0.2) is 36.4 Å². The Morgan fingerprint density at radius 2 is 1.82 bits per heavy atom. The van der Waals surface area contributed by atoms with Crippen molar-refractivity contribution in [3.63, 3.8) is 0 Å². The van der Waals surface area contributed by atoms with Crippen LogP contribution in [0.2, 0.25) is 0 Å². The third-order valence-electron chi connectivity index (χ3n) is 5.87. The number of anilines is 1. The van der Waals surface area contributed by atoms with E-state index in [1.165, 1.54) is 18.4 Å². The van der Waals surface area contributed by atoms with Crippen molar-refractivity contribution in [3.8, 4) is 5.75 Å². The molecule has 1 aliphatic carbocycles. The van der Waals surface area contributed by atoms with Crippen molar-refractivity contribution >= 4 is 45.0 Å². The third-order valence-corrected chi connectivity index (χ3v) is 7.04. The van der Waals surface area contributed by atoms with Crippen molar-refractivity contribution in [1.82, 2.24) is 0 Å². The summed E-state index contributed by atoms with van der Waals surface area (Å²) in [5, 5.41) is 4.99. The van der Waals surface area contributed by atoms with Crippen molar-refractivity contribution < 1.29 is 28.6 Å². The standard InChI is InChI=1S/C26H27NO6S/c1-4-32-26(30)23-18-10-9-15(2)11-21(18)34-24(23)27-22(28)14-33-25(29)19-12-16-7-5-6-8-17(16)13-20(19)31-3/h5-8,12-13,15H,4,9-11,14H2,1-3H3,(H,27,28)/t15-/m0/s1. The minimum absolute atomic E-state index is 0.238. The highest BCUT2D eigenvalue weighted by atomic mass is 32.1. The summed E-state index contributed by atoms with van der Waals surface area (Å²) in [5.41, 5.74) is 1.61. The highest BCUT2D eigenvalue weighted by Crippen LogP contribution is 2.40. The second kappa shape index (κ2) is 10.3. The maximum absolute atomic E-state index is 12.7. The second-order valence-corrected chi connectivity index (χ2v) is 9.41. The Balaban J connectivity index is 1.49. The molecule has 4 rings (SSSR count). The molecule has 0 bridgehead atoms. The molecule has 1 heterocycles. The zero-order valence-electron chi connectivity index (χ0n) is 19.4. The number of carbonyl (C=O) groups excluding carboxylic acids is 3. The summed E-state index contributed by atoms with van der Waals surface area (Å²) in [4.78, 5) is 39.1. The first kappa shape index (κ1) is 23.8. The van der Waals surface area contributed by atoms with Crippen LogP contribution in [0, 0.1) is 5.92 Å². The first-order valence-corrected chi connectivity index (χ1v) is 12.1. The zero-order valence-corrected chi connectivity index (χ0v) is 20.3. The van der Waals surface area contributed by atoms with Crippen molar-refractivity contribution in [3.05, 3.63) is 58.0 Å². The number of rotatable bonds is 7. The fourth-order valence-electron chi connectivity index (χ4n) is 4.18. The average molecular weight is 482 g/mol. The van der Waals surface area contributed by atoms with Gasteiger partial charge in [0.15, 0.2) is 6.61 Å². The smallest absolute Gasteiger partial charge is 0.342 e. The molecular formula is C26H27NO6S. The van der Waals surface area contributed by atoms with Crippen molar-refractivity contribution in [2.45, 2.75) is 33.1 Å². The number of esters is 2. The predicted molar refractivity (Wildman–Crippen MR) is 131 cm³/mol. The molecule has 1 aromatic heterocycles. The molecule has 0 radical (unpaired) electrons. The topological polar surface area (TPSA) is 90.9 Å². The van der Waals surface area contributed by atoms with Gasteiger partial charge in [-0.2, -0.15) is 0 Å². The van der Waals surface area contributed by atoms with Gasteiger partial charge in [0.2, 0.25) is 0 Å². The Morgan fingerprint density at radius 3 is 2.53 bits per heavy atom. The average Bonchev–Trinajstić information content (AvgIpc) is 3.18. The fourth-order valence-corrected chi connectivity index (χ4v) is 5.59. The van der Waals surface area contributed by atoms with E-state index in [4.69, 9.17) is 14.2 Å². The summed E-state index contributed by atoms with van der Waals surface area (Å²) >= 11 is 1.39. The minimum atomic E-state index is -0.664. The van der Waals surface area contributed by atoms with Gasteiger partial charge in [-0.3, -0.25) is 4.79 Å². The van der Waals surface area contributed by atoms with Gasteiger partial charge in [-0.05, 0) is 60.6 Å². The minimum Gasteiger partial charge on any atom is -0.496 e. The van der Waals surface area contributed by atoms with Crippen LogP contribution in [0.1, 0.15) is 51.4 Å². The number of ether oxygens (including phenoxy) is 3.